The van der Waals surface area contributed by atoms with Crippen LogP contribution in [-0.4, -0.2) is 41.1 Å². The molecule has 1 aromatic carbocycles. The zero-order valence-corrected chi connectivity index (χ0v) is 11.2. The molecule has 2 N–H and O–H groups in total. The average Bonchev–Trinajstić information content (AvgIpc) is 3.10. The van der Waals surface area contributed by atoms with Crippen molar-refractivity contribution in [1.29, 1.82) is 0 Å². The number of rotatable bonds is 3. The van der Waals surface area contributed by atoms with E-state index in [9.17, 15) is 9.90 Å². The third-order valence-corrected chi connectivity index (χ3v) is 4.07. The molecule has 3 rings (SSSR count). The van der Waals surface area contributed by atoms with Gasteiger partial charge >= 0.3 is 0 Å². The highest BCUT2D eigenvalue weighted by Gasteiger charge is 2.34. The van der Waals surface area contributed by atoms with Crippen molar-refractivity contribution in [2.24, 2.45) is 0 Å². The van der Waals surface area contributed by atoms with E-state index >= 15 is 0 Å². The van der Waals surface area contributed by atoms with E-state index in [1.807, 2.05) is 6.92 Å². The number of aromatic hydroxyl groups is 1. The summed E-state index contributed by atoms with van der Waals surface area (Å²) in [5.41, 5.74) is 1.47. The molecule has 1 amide bonds. The van der Waals surface area contributed by atoms with Crippen LogP contribution in [0, 0.1) is 6.92 Å². The van der Waals surface area contributed by atoms with Crippen molar-refractivity contribution >= 4 is 5.91 Å². The summed E-state index contributed by atoms with van der Waals surface area (Å²) in [6.45, 7) is 3.93. The van der Waals surface area contributed by atoms with Crippen molar-refractivity contribution in [2.45, 2.75) is 38.3 Å². The lowest BCUT2D eigenvalue weighted by molar-refractivity contribution is 0.0937. The number of hydrogen-bond donors (Lipinski definition) is 2. The monoisotopic (exact) mass is 260 g/mol. The van der Waals surface area contributed by atoms with Gasteiger partial charge < -0.3 is 10.4 Å². The highest BCUT2D eigenvalue weighted by atomic mass is 16.3. The van der Waals surface area contributed by atoms with E-state index in [-0.39, 0.29) is 17.7 Å². The molecule has 1 atom stereocenters. The Balaban J connectivity index is 1.61. The minimum absolute atomic E-state index is 0.0276. The normalized spacial score (nSPS) is 23.5. The quantitative estimate of drug-likeness (QED) is 0.869. The first-order valence-electron chi connectivity index (χ1n) is 6.98. The molecule has 0 aromatic heterocycles. The smallest absolute Gasteiger partial charge is 0.251 e. The Morgan fingerprint density at radius 1 is 1.37 bits per heavy atom. The number of phenolic OH excluding ortho intramolecular Hbond substituents is 1. The molecule has 1 saturated heterocycles. The van der Waals surface area contributed by atoms with Crippen LogP contribution >= 0.6 is 0 Å². The van der Waals surface area contributed by atoms with Crippen molar-refractivity contribution in [1.82, 2.24) is 10.2 Å². The van der Waals surface area contributed by atoms with E-state index in [1.165, 1.54) is 12.8 Å². The molecule has 2 aliphatic rings. The maximum atomic E-state index is 12.2. The van der Waals surface area contributed by atoms with Crippen LogP contribution < -0.4 is 5.32 Å². The van der Waals surface area contributed by atoms with Crippen molar-refractivity contribution < 1.29 is 9.90 Å². The molecule has 1 heterocycles. The molecule has 2 fully saturated rings. The summed E-state index contributed by atoms with van der Waals surface area (Å²) in [4.78, 5) is 14.7. The molecule has 1 aliphatic carbocycles. The van der Waals surface area contributed by atoms with Crippen LogP contribution in [0.5, 0.6) is 5.75 Å². The summed E-state index contributed by atoms with van der Waals surface area (Å²) < 4.78 is 0. The Morgan fingerprint density at radius 2 is 2.16 bits per heavy atom. The summed E-state index contributed by atoms with van der Waals surface area (Å²) in [7, 11) is 0. The van der Waals surface area contributed by atoms with Crippen molar-refractivity contribution in [3.05, 3.63) is 29.3 Å². The lowest BCUT2D eigenvalue weighted by atomic mass is 10.1. The summed E-state index contributed by atoms with van der Waals surface area (Å²) in [5, 5.41) is 12.5. The van der Waals surface area contributed by atoms with Crippen LogP contribution in [-0.2, 0) is 0 Å². The molecule has 0 spiro atoms. The second kappa shape index (κ2) is 4.85. The molecular weight excluding hydrogens is 240 g/mol. The third-order valence-electron chi connectivity index (χ3n) is 4.07. The Kier molecular flexibility index (Phi) is 3.19. The van der Waals surface area contributed by atoms with Gasteiger partial charge in [-0.2, -0.15) is 0 Å². The largest absolute Gasteiger partial charge is 0.508 e. The van der Waals surface area contributed by atoms with Gasteiger partial charge in [-0.25, -0.2) is 0 Å². The number of likely N-dealkylation sites (tertiary alicyclic amines) is 1. The summed E-state index contributed by atoms with van der Waals surface area (Å²) in [6.07, 6.45) is 3.68. The van der Waals surface area contributed by atoms with Crippen molar-refractivity contribution in [3.8, 4) is 5.75 Å². The van der Waals surface area contributed by atoms with Gasteiger partial charge in [0.25, 0.3) is 5.91 Å². The van der Waals surface area contributed by atoms with Crippen LogP contribution in [0.4, 0.5) is 0 Å². The first-order chi connectivity index (χ1) is 9.13. The third kappa shape index (κ3) is 2.73. The molecular formula is C15H20N2O2. The van der Waals surface area contributed by atoms with E-state index in [2.05, 4.69) is 10.2 Å². The standard InChI is InChI=1S/C15H20N2O2/c1-10-8-13(18)4-5-14(10)15(19)16-11-6-7-17(9-11)12-2-3-12/h4-5,8,11-12,18H,2-3,6-7,9H2,1H3,(H,16,19). The predicted molar refractivity (Wildman–Crippen MR) is 73.3 cm³/mol. The lowest BCUT2D eigenvalue weighted by Gasteiger charge is -2.16. The SMILES string of the molecule is Cc1cc(O)ccc1C(=O)NC1CCN(C2CC2)C1. The van der Waals surface area contributed by atoms with Crippen molar-refractivity contribution in [3.63, 3.8) is 0 Å². The zero-order chi connectivity index (χ0) is 13.4. The van der Waals surface area contributed by atoms with Gasteiger partial charge in [0, 0.05) is 30.7 Å². The fraction of sp³-hybridized carbons (Fsp3) is 0.533. The fourth-order valence-corrected chi connectivity index (χ4v) is 2.84. The van der Waals surface area contributed by atoms with Gasteiger partial charge in [-0.15, -0.1) is 0 Å². The summed E-state index contributed by atoms with van der Waals surface area (Å²) in [6, 6.07) is 5.92. The summed E-state index contributed by atoms with van der Waals surface area (Å²) >= 11 is 0. The number of carbonyl (C=O) groups excluding carboxylic acids is 1. The van der Waals surface area contributed by atoms with Gasteiger partial charge in [0.1, 0.15) is 5.75 Å². The lowest BCUT2D eigenvalue weighted by Crippen LogP contribution is -2.37. The maximum absolute atomic E-state index is 12.2. The van der Waals surface area contributed by atoms with Gasteiger partial charge in [0.15, 0.2) is 0 Å². The predicted octanol–water partition coefficient (Wildman–Crippen LogP) is 1.67. The topological polar surface area (TPSA) is 52.6 Å². The van der Waals surface area contributed by atoms with Gasteiger partial charge in [-0.3, -0.25) is 9.69 Å². The first kappa shape index (κ1) is 12.5. The molecule has 0 radical (unpaired) electrons. The highest BCUT2D eigenvalue weighted by molar-refractivity contribution is 5.96. The van der Waals surface area contributed by atoms with Crippen LogP contribution in [0.25, 0.3) is 0 Å². The van der Waals surface area contributed by atoms with Crippen molar-refractivity contribution in [2.75, 3.05) is 13.1 Å². The second-order valence-corrected chi connectivity index (χ2v) is 5.68. The average molecular weight is 260 g/mol. The molecule has 102 valence electrons. The number of nitrogens with one attached hydrogen (secondary N) is 1. The molecule has 0 bridgehead atoms. The fourth-order valence-electron chi connectivity index (χ4n) is 2.84. The number of benzene rings is 1. The van der Waals surface area contributed by atoms with E-state index < -0.39 is 0 Å². The molecule has 1 aliphatic heterocycles. The molecule has 19 heavy (non-hydrogen) atoms. The Morgan fingerprint density at radius 3 is 2.84 bits per heavy atom. The minimum Gasteiger partial charge on any atom is -0.508 e. The number of amides is 1. The van der Waals surface area contributed by atoms with E-state index in [0.29, 0.717) is 5.56 Å². The van der Waals surface area contributed by atoms with Crippen LogP contribution in [0.3, 0.4) is 0 Å². The Hall–Kier alpha value is -1.55. The minimum atomic E-state index is -0.0276. The number of phenols is 1. The zero-order valence-electron chi connectivity index (χ0n) is 11.2. The maximum Gasteiger partial charge on any atom is 0.251 e. The number of aryl methyl sites for hydroxylation is 1. The van der Waals surface area contributed by atoms with Crippen LogP contribution in [0.1, 0.15) is 35.2 Å². The van der Waals surface area contributed by atoms with E-state index in [4.69, 9.17) is 0 Å². The molecule has 4 nitrogen and oxygen atoms in total. The Bertz CT molecular complexity index is 497. The van der Waals surface area contributed by atoms with Gasteiger partial charge in [-0.05, 0) is 49.9 Å². The van der Waals surface area contributed by atoms with Crippen LogP contribution in [0.15, 0.2) is 18.2 Å². The van der Waals surface area contributed by atoms with Gasteiger partial charge in [0.05, 0.1) is 0 Å². The number of hydrogen-bond acceptors (Lipinski definition) is 3. The number of carbonyl (C=O) groups is 1. The molecule has 1 saturated carbocycles. The molecule has 1 unspecified atom stereocenters. The number of nitrogens with zero attached hydrogens (tertiary/aromatic N) is 1. The molecule has 1 aromatic rings. The molecule has 4 heteroatoms. The Labute approximate surface area is 113 Å². The van der Waals surface area contributed by atoms with Gasteiger partial charge in [0.2, 0.25) is 0 Å². The van der Waals surface area contributed by atoms with E-state index in [1.54, 1.807) is 18.2 Å². The second-order valence-electron chi connectivity index (χ2n) is 5.68. The van der Waals surface area contributed by atoms with Gasteiger partial charge in [-0.1, -0.05) is 0 Å². The highest BCUT2D eigenvalue weighted by Crippen LogP contribution is 2.29. The summed E-state index contributed by atoms with van der Waals surface area (Å²) in [5.74, 6) is 0.176. The first-order valence-corrected chi connectivity index (χ1v) is 6.98. The van der Waals surface area contributed by atoms with Crippen LogP contribution in [0.2, 0.25) is 0 Å². The van der Waals surface area contributed by atoms with E-state index in [0.717, 1.165) is 31.1 Å².